The second kappa shape index (κ2) is 4.74. The highest BCUT2D eigenvalue weighted by Gasteiger charge is 2.16. The molecule has 102 valence electrons. The normalized spacial score (nSPS) is 10.6. The van der Waals surface area contributed by atoms with Gasteiger partial charge in [0.1, 0.15) is 0 Å². The molecule has 9 heteroatoms. The minimum atomic E-state index is -0.684. The summed E-state index contributed by atoms with van der Waals surface area (Å²) in [6, 6.07) is 5.23. The summed E-state index contributed by atoms with van der Waals surface area (Å²) in [6.45, 7) is 1.48. The van der Waals surface area contributed by atoms with Crippen LogP contribution in [0.25, 0.3) is 5.69 Å². The molecule has 1 heterocycles. The zero-order chi connectivity index (χ0) is 14.2. The minimum absolute atomic E-state index is 0.105. The Kier molecular flexibility index (Phi) is 3.27. The summed E-state index contributed by atoms with van der Waals surface area (Å²) in [5, 5.41) is 40.7. The van der Waals surface area contributed by atoms with Crippen molar-refractivity contribution in [3.8, 4) is 5.69 Å². The Hall–Kier alpha value is -2.33. The fraction of sp³-hybridized carbons (Fsp3) is 0.100. The van der Waals surface area contributed by atoms with E-state index in [4.69, 9.17) is 10.4 Å². The lowest BCUT2D eigenvalue weighted by atomic mass is 10.3. The highest BCUT2D eigenvalue weighted by Crippen LogP contribution is 2.17. The third-order valence-corrected chi connectivity index (χ3v) is 2.56. The molecule has 0 bridgehead atoms. The van der Waals surface area contributed by atoms with Gasteiger partial charge in [-0.3, -0.25) is 20.3 Å². The first kappa shape index (κ1) is 13.1. The van der Waals surface area contributed by atoms with Crippen LogP contribution in [0.2, 0.25) is 0 Å². The first-order valence-corrected chi connectivity index (χ1v) is 5.16. The second-order valence-electron chi connectivity index (χ2n) is 3.79. The van der Waals surface area contributed by atoms with Gasteiger partial charge in [-0.25, -0.2) is 4.68 Å². The number of aryl methyl sites for hydroxylation is 1. The van der Waals surface area contributed by atoms with E-state index >= 15 is 0 Å². The molecule has 0 saturated carbocycles. The molecule has 1 aromatic carbocycles. The molecule has 0 aliphatic heterocycles. The number of aromatic nitrogens is 2. The average molecular weight is 266 g/mol. The van der Waals surface area contributed by atoms with Crippen molar-refractivity contribution in [1.82, 2.24) is 9.78 Å². The van der Waals surface area contributed by atoms with Crippen LogP contribution in [-0.4, -0.2) is 20.2 Å². The third-order valence-electron chi connectivity index (χ3n) is 2.56. The van der Waals surface area contributed by atoms with E-state index in [-0.39, 0.29) is 22.3 Å². The van der Waals surface area contributed by atoms with E-state index in [1.807, 2.05) is 0 Å². The molecule has 9 nitrogen and oxygen atoms in total. The molecular formula is C10H10N4O5-2. The van der Waals surface area contributed by atoms with Gasteiger partial charge in [0.25, 0.3) is 5.56 Å². The third kappa shape index (κ3) is 2.30. The maximum atomic E-state index is 11.9. The van der Waals surface area contributed by atoms with Crippen LogP contribution in [0.15, 0.2) is 29.1 Å². The summed E-state index contributed by atoms with van der Waals surface area (Å²) in [6.07, 6.45) is 0. The van der Waals surface area contributed by atoms with Crippen molar-refractivity contribution >= 4 is 11.4 Å². The molecule has 0 fully saturated rings. The maximum absolute atomic E-state index is 11.9. The van der Waals surface area contributed by atoms with Gasteiger partial charge in [-0.1, -0.05) is 0 Å². The van der Waals surface area contributed by atoms with Crippen molar-refractivity contribution in [3.05, 3.63) is 50.7 Å². The molecule has 2 rings (SSSR count). The quantitative estimate of drug-likeness (QED) is 0.702. The minimum Gasteiger partial charge on any atom is -0.769 e. The highest BCUT2D eigenvalue weighted by atomic mass is 16.8. The van der Waals surface area contributed by atoms with Crippen molar-refractivity contribution in [2.24, 2.45) is 0 Å². The number of nitrogens with one attached hydrogen (secondary N) is 1. The Bertz CT molecular complexity index is 628. The number of anilines is 2. The highest BCUT2D eigenvalue weighted by molar-refractivity contribution is 5.53. The van der Waals surface area contributed by atoms with Gasteiger partial charge >= 0.3 is 0 Å². The van der Waals surface area contributed by atoms with Crippen LogP contribution in [-0.2, 0) is 0 Å². The fourth-order valence-electron chi connectivity index (χ4n) is 1.68. The molecule has 0 aliphatic rings. The van der Waals surface area contributed by atoms with Crippen LogP contribution in [0.1, 0.15) is 5.69 Å². The first-order valence-electron chi connectivity index (χ1n) is 5.16. The van der Waals surface area contributed by atoms with Crippen molar-refractivity contribution in [2.45, 2.75) is 6.92 Å². The molecule has 0 aliphatic carbocycles. The molecule has 0 spiro atoms. The first-order chi connectivity index (χ1) is 8.91. The van der Waals surface area contributed by atoms with Crippen LogP contribution in [0.4, 0.5) is 11.4 Å². The molecule has 3 N–H and O–H groups in total. The van der Waals surface area contributed by atoms with Gasteiger partial charge in [0.05, 0.1) is 11.4 Å². The Morgan fingerprint density at radius 3 is 2.21 bits per heavy atom. The lowest BCUT2D eigenvalue weighted by Gasteiger charge is -2.37. The molecule has 2 aromatic rings. The largest absolute Gasteiger partial charge is 0.769 e. The zero-order valence-electron chi connectivity index (χ0n) is 9.77. The summed E-state index contributed by atoms with van der Waals surface area (Å²) in [4.78, 5) is 11.9. The summed E-state index contributed by atoms with van der Waals surface area (Å²) in [7, 11) is 0. The van der Waals surface area contributed by atoms with Crippen molar-refractivity contribution in [2.75, 3.05) is 10.5 Å². The van der Waals surface area contributed by atoms with E-state index < -0.39 is 10.8 Å². The number of rotatable bonds is 3. The summed E-state index contributed by atoms with van der Waals surface area (Å²) in [5.74, 6) is 0. The van der Waals surface area contributed by atoms with E-state index in [0.29, 0.717) is 5.69 Å². The number of nitrogens with zero attached hydrogens (tertiary/aromatic N) is 3. The lowest BCUT2D eigenvalue weighted by Crippen LogP contribution is -2.23. The SMILES string of the molecule is Cc1[nH]n(-c2ccc(N([O-])[O-])cc2)c(=O)c1N(O)O. The van der Waals surface area contributed by atoms with Crippen LogP contribution >= 0.6 is 0 Å². The summed E-state index contributed by atoms with van der Waals surface area (Å²) in [5.41, 5.74) is -0.527. The second-order valence-corrected chi connectivity index (χ2v) is 3.79. The van der Waals surface area contributed by atoms with Crippen LogP contribution in [0, 0.1) is 17.3 Å². The Morgan fingerprint density at radius 2 is 1.79 bits per heavy atom. The van der Waals surface area contributed by atoms with Gasteiger partial charge in [-0.05, 0) is 31.2 Å². The van der Waals surface area contributed by atoms with Crippen molar-refractivity contribution in [3.63, 3.8) is 0 Å². The predicted octanol–water partition coefficient (Wildman–Crippen LogP) is 0.861. The zero-order valence-corrected chi connectivity index (χ0v) is 9.77. The number of benzene rings is 1. The molecule has 1 aromatic heterocycles. The number of hydrogen-bond acceptors (Lipinski definition) is 7. The molecule has 0 radical (unpaired) electrons. The van der Waals surface area contributed by atoms with Crippen LogP contribution in [0.3, 0.4) is 0 Å². The standard InChI is InChI=1S/C10H10N4O5/c1-6-9(14(18)19)10(15)12(11-6)7-2-4-8(5-3-7)13(16)17/h2-5,11,18-19H,1H3/q-2. The van der Waals surface area contributed by atoms with Gasteiger partial charge in [0, 0.05) is 5.69 Å². The molecule has 19 heavy (non-hydrogen) atoms. The predicted molar refractivity (Wildman–Crippen MR) is 66.4 cm³/mol. The Morgan fingerprint density at radius 1 is 1.21 bits per heavy atom. The van der Waals surface area contributed by atoms with E-state index in [2.05, 4.69) is 5.10 Å². The van der Waals surface area contributed by atoms with E-state index in [1.165, 1.54) is 31.2 Å². The summed E-state index contributed by atoms with van der Waals surface area (Å²) < 4.78 is 1.05. The van der Waals surface area contributed by atoms with Gasteiger partial charge in [0.15, 0.2) is 5.69 Å². The fourth-order valence-corrected chi connectivity index (χ4v) is 1.68. The van der Waals surface area contributed by atoms with Crippen molar-refractivity contribution in [1.29, 1.82) is 0 Å². The number of hydrogen-bond donors (Lipinski definition) is 3. The number of H-pyrrole nitrogens is 1. The summed E-state index contributed by atoms with van der Waals surface area (Å²) >= 11 is 0. The molecular weight excluding hydrogens is 256 g/mol. The molecule has 0 amide bonds. The maximum Gasteiger partial charge on any atom is 0.300 e. The van der Waals surface area contributed by atoms with Crippen LogP contribution in [0.5, 0.6) is 0 Å². The van der Waals surface area contributed by atoms with Crippen molar-refractivity contribution < 1.29 is 10.4 Å². The Balaban J connectivity index is 2.48. The number of aromatic amines is 1. The average Bonchev–Trinajstić information content (AvgIpc) is 2.65. The molecule has 0 unspecified atom stereocenters. The molecule has 0 saturated heterocycles. The lowest BCUT2D eigenvalue weighted by molar-refractivity contribution is 0.0283. The monoisotopic (exact) mass is 266 g/mol. The van der Waals surface area contributed by atoms with Gasteiger partial charge in [-0.2, -0.15) is 0 Å². The Labute approximate surface area is 106 Å². The topological polar surface area (TPSA) is 131 Å². The van der Waals surface area contributed by atoms with E-state index in [0.717, 1.165) is 4.68 Å². The van der Waals surface area contributed by atoms with Gasteiger partial charge in [0.2, 0.25) is 0 Å². The van der Waals surface area contributed by atoms with Crippen LogP contribution < -0.4 is 16.0 Å². The van der Waals surface area contributed by atoms with Gasteiger partial charge in [-0.15, -0.1) is 5.23 Å². The molecule has 0 atom stereocenters. The van der Waals surface area contributed by atoms with Gasteiger partial charge < -0.3 is 15.6 Å². The van der Waals surface area contributed by atoms with E-state index in [1.54, 1.807) is 0 Å². The smallest absolute Gasteiger partial charge is 0.300 e. The van der Waals surface area contributed by atoms with E-state index in [9.17, 15) is 15.2 Å².